The number of hydrogen-bond acceptors (Lipinski definition) is 5. The molecule has 2 heterocycles. The molecule has 6 heteroatoms. The predicted octanol–water partition coefficient (Wildman–Crippen LogP) is 4.53. The van der Waals surface area contributed by atoms with Crippen LogP contribution >= 0.6 is 34.7 Å². The molecule has 3 aromatic rings. The Morgan fingerprint density at radius 1 is 1.30 bits per heavy atom. The zero-order valence-corrected chi connectivity index (χ0v) is 13.1. The Bertz CT molecular complexity index is 770. The largest absolute Gasteiger partial charge is 0.383 e. The SMILES string of the molecule is Cc1cc2c(N)nc(CSc3ccccc3Cl)nc2s1. The van der Waals surface area contributed by atoms with Gasteiger partial charge in [0.2, 0.25) is 0 Å². The molecule has 0 saturated heterocycles. The summed E-state index contributed by atoms with van der Waals surface area (Å²) >= 11 is 9.39. The van der Waals surface area contributed by atoms with Crippen molar-refractivity contribution in [3.05, 3.63) is 46.1 Å². The molecule has 2 aromatic heterocycles. The Balaban J connectivity index is 1.86. The van der Waals surface area contributed by atoms with E-state index in [0.717, 1.165) is 26.0 Å². The lowest BCUT2D eigenvalue weighted by Gasteiger charge is -2.04. The molecule has 0 unspecified atom stereocenters. The number of anilines is 1. The Labute approximate surface area is 130 Å². The average Bonchev–Trinajstić information content (AvgIpc) is 2.79. The van der Waals surface area contributed by atoms with Crippen molar-refractivity contribution in [1.82, 2.24) is 9.97 Å². The molecule has 0 radical (unpaired) electrons. The number of thioether (sulfide) groups is 1. The molecule has 0 aliphatic rings. The van der Waals surface area contributed by atoms with Crippen molar-refractivity contribution in [2.75, 3.05) is 5.73 Å². The van der Waals surface area contributed by atoms with Gasteiger partial charge in [0.05, 0.1) is 16.2 Å². The van der Waals surface area contributed by atoms with Gasteiger partial charge in [-0.15, -0.1) is 23.1 Å². The van der Waals surface area contributed by atoms with E-state index in [1.165, 1.54) is 4.88 Å². The number of nitrogens with two attached hydrogens (primary N) is 1. The lowest BCUT2D eigenvalue weighted by Crippen LogP contribution is -1.98. The van der Waals surface area contributed by atoms with Gasteiger partial charge in [-0.05, 0) is 25.1 Å². The molecule has 1 aromatic carbocycles. The second-order valence-corrected chi connectivity index (χ2v) is 6.98. The third kappa shape index (κ3) is 2.75. The standard InChI is InChI=1S/C14H12ClN3S2/c1-8-6-9-13(16)17-12(18-14(9)20-8)7-19-11-5-3-2-4-10(11)15/h2-6H,7H2,1H3,(H2,16,17,18). The van der Waals surface area contributed by atoms with Gasteiger partial charge in [0.15, 0.2) is 0 Å². The summed E-state index contributed by atoms with van der Waals surface area (Å²) in [7, 11) is 0. The Morgan fingerprint density at radius 2 is 2.10 bits per heavy atom. The van der Waals surface area contributed by atoms with Crippen molar-refractivity contribution >= 4 is 50.7 Å². The number of halogens is 1. The first-order valence-corrected chi connectivity index (χ1v) is 8.21. The number of nitrogen functional groups attached to an aromatic ring is 1. The van der Waals surface area contributed by atoms with Crippen LogP contribution in [0.15, 0.2) is 35.2 Å². The summed E-state index contributed by atoms with van der Waals surface area (Å²) in [5, 5.41) is 1.69. The zero-order valence-electron chi connectivity index (χ0n) is 10.8. The molecule has 20 heavy (non-hydrogen) atoms. The van der Waals surface area contributed by atoms with Gasteiger partial charge in [-0.2, -0.15) is 0 Å². The number of hydrogen-bond donors (Lipinski definition) is 1. The van der Waals surface area contributed by atoms with Crippen molar-refractivity contribution in [3.8, 4) is 0 Å². The van der Waals surface area contributed by atoms with E-state index in [4.69, 9.17) is 17.3 Å². The lowest BCUT2D eigenvalue weighted by atomic mass is 10.3. The van der Waals surface area contributed by atoms with E-state index in [1.807, 2.05) is 37.3 Å². The van der Waals surface area contributed by atoms with Crippen molar-refractivity contribution in [3.63, 3.8) is 0 Å². The fourth-order valence-electron chi connectivity index (χ4n) is 1.88. The molecule has 0 amide bonds. The summed E-state index contributed by atoms with van der Waals surface area (Å²) < 4.78 is 0. The maximum Gasteiger partial charge on any atom is 0.142 e. The highest BCUT2D eigenvalue weighted by molar-refractivity contribution is 7.98. The molecule has 2 N–H and O–H groups in total. The van der Waals surface area contributed by atoms with E-state index in [0.29, 0.717) is 11.6 Å². The quantitative estimate of drug-likeness (QED) is 0.720. The third-order valence-corrected chi connectivity index (χ3v) is 5.24. The number of benzene rings is 1. The Morgan fingerprint density at radius 3 is 2.90 bits per heavy atom. The number of aryl methyl sites for hydroxylation is 1. The van der Waals surface area contributed by atoms with Gasteiger partial charge in [-0.1, -0.05) is 23.7 Å². The van der Waals surface area contributed by atoms with Crippen molar-refractivity contribution in [2.45, 2.75) is 17.6 Å². The highest BCUT2D eigenvalue weighted by Gasteiger charge is 2.09. The Hall–Kier alpha value is -1.30. The van der Waals surface area contributed by atoms with Gasteiger partial charge in [0.1, 0.15) is 16.5 Å². The van der Waals surface area contributed by atoms with Gasteiger partial charge in [0.25, 0.3) is 0 Å². The van der Waals surface area contributed by atoms with Gasteiger partial charge in [-0.3, -0.25) is 0 Å². The number of aromatic nitrogens is 2. The number of fused-ring (bicyclic) bond motifs is 1. The minimum atomic E-state index is 0.550. The minimum absolute atomic E-state index is 0.550. The minimum Gasteiger partial charge on any atom is -0.383 e. The molecule has 0 spiro atoms. The normalized spacial score (nSPS) is 11.1. The van der Waals surface area contributed by atoms with E-state index in [-0.39, 0.29) is 0 Å². The summed E-state index contributed by atoms with van der Waals surface area (Å²) in [5.74, 6) is 1.94. The van der Waals surface area contributed by atoms with Crippen LogP contribution in [0.1, 0.15) is 10.7 Å². The third-order valence-electron chi connectivity index (χ3n) is 2.79. The molecule has 0 bridgehead atoms. The van der Waals surface area contributed by atoms with Crippen LogP contribution in [0.25, 0.3) is 10.2 Å². The average molecular weight is 322 g/mol. The maximum absolute atomic E-state index is 6.14. The highest BCUT2D eigenvalue weighted by Crippen LogP contribution is 2.31. The fourth-order valence-corrected chi connectivity index (χ4v) is 3.88. The van der Waals surface area contributed by atoms with E-state index in [2.05, 4.69) is 9.97 Å². The predicted molar refractivity (Wildman–Crippen MR) is 87.6 cm³/mol. The number of rotatable bonds is 3. The van der Waals surface area contributed by atoms with E-state index in [1.54, 1.807) is 23.1 Å². The van der Waals surface area contributed by atoms with Crippen LogP contribution in [0, 0.1) is 6.92 Å². The summed E-state index contributed by atoms with van der Waals surface area (Å²) in [6.45, 7) is 2.05. The topological polar surface area (TPSA) is 51.8 Å². The summed E-state index contributed by atoms with van der Waals surface area (Å²) in [4.78, 5) is 12.1. The van der Waals surface area contributed by atoms with Crippen LogP contribution in [0.5, 0.6) is 0 Å². The fraction of sp³-hybridized carbons (Fsp3) is 0.143. The molecule has 0 atom stereocenters. The molecule has 3 rings (SSSR count). The van der Waals surface area contributed by atoms with Crippen LogP contribution in [-0.2, 0) is 5.75 Å². The number of nitrogens with zero attached hydrogens (tertiary/aromatic N) is 2. The first kappa shape index (κ1) is 13.7. The molecule has 0 aliphatic carbocycles. The van der Waals surface area contributed by atoms with Crippen molar-refractivity contribution < 1.29 is 0 Å². The van der Waals surface area contributed by atoms with Crippen LogP contribution in [0.2, 0.25) is 5.02 Å². The molecule has 0 fully saturated rings. The van der Waals surface area contributed by atoms with Crippen LogP contribution in [-0.4, -0.2) is 9.97 Å². The lowest BCUT2D eigenvalue weighted by molar-refractivity contribution is 1.08. The second kappa shape index (κ2) is 5.60. The van der Waals surface area contributed by atoms with E-state index < -0.39 is 0 Å². The highest BCUT2D eigenvalue weighted by atomic mass is 35.5. The summed E-state index contributed by atoms with van der Waals surface area (Å²) in [6.07, 6.45) is 0. The van der Waals surface area contributed by atoms with Crippen LogP contribution < -0.4 is 5.73 Å². The smallest absolute Gasteiger partial charge is 0.142 e. The van der Waals surface area contributed by atoms with Crippen LogP contribution in [0.4, 0.5) is 5.82 Å². The molecular weight excluding hydrogens is 310 g/mol. The molecule has 3 nitrogen and oxygen atoms in total. The van der Waals surface area contributed by atoms with Crippen molar-refractivity contribution in [2.24, 2.45) is 0 Å². The molecule has 102 valence electrons. The van der Waals surface area contributed by atoms with E-state index in [9.17, 15) is 0 Å². The molecule has 0 saturated carbocycles. The first-order chi connectivity index (χ1) is 9.63. The van der Waals surface area contributed by atoms with Gasteiger partial charge in [-0.25, -0.2) is 9.97 Å². The summed E-state index contributed by atoms with van der Waals surface area (Å²) in [5.41, 5.74) is 5.99. The van der Waals surface area contributed by atoms with Crippen molar-refractivity contribution in [1.29, 1.82) is 0 Å². The van der Waals surface area contributed by atoms with Gasteiger partial charge < -0.3 is 5.73 Å². The molecule has 0 aliphatic heterocycles. The Kier molecular flexibility index (Phi) is 3.83. The first-order valence-electron chi connectivity index (χ1n) is 6.03. The van der Waals surface area contributed by atoms with Gasteiger partial charge >= 0.3 is 0 Å². The molecular formula is C14H12ClN3S2. The number of thiophene rings is 1. The zero-order chi connectivity index (χ0) is 14.1. The van der Waals surface area contributed by atoms with E-state index >= 15 is 0 Å². The monoisotopic (exact) mass is 321 g/mol. The summed E-state index contributed by atoms with van der Waals surface area (Å²) in [6, 6.07) is 9.78. The van der Waals surface area contributed by atoms with Crippen LogP contribution in [0.3, 0.4) is 0 Å². The maximum atomic E-state index is 6.14. The van der Waals surface area contributed by atoms with Gasteiger partial charge in [0, 0.05) is 9.77 Å². The second-order valence-electron chi connectivity index (χ2n) is 4.32.